The fourth-order valence-corrected chi connectivity index (χ4v) is 4.22. The van der Waals surface area contributed by atoms with E-state index in [0.29, 0.717) is 27.8 Å². The van der Waals surface area contributed by atoms with E-state index in [9.17, 15) is 14.7 Å². The van der Waals surface area contributed by atoms with E-state index in [2.05, 4.69) is 13.8 Å². The van der Waals surface area contributed by atoms with Crippen molar-refractivity contribution in [3.8, 4) is 0 Å². The van der Waals surface area contributed by atoms with E-state index < -0.39 is 11.5 Å². The van der Waals surface area contributed by atoms with Gasteiger partial charge in [0.1, 0.15) is 0 Å². The van der Waals surface area contributed by atoms with E-state index in [0.717, 1.165) is 11.1 Å². The summed E-state index contributed by atoms with van der Waals surface area (Å²) in [4.78, 5) is 27.9. The molecule has 0 bridgehead atoms. The van der Waals surface area contributed by atoms with Crippen LogP contribution in [0.5, 0.6) is 0 Å². The number of amides is 1. The van der Waals surface area contributed by atoms with Gasteiger partial charge in [-0.1, -0.05) is 86.1 Å². The first-order chi connectivity index (χ1) is 14.8. The molecular formula is C26H24ClNO3. The summed E-state index contributed by atoms with van der Waals surface area (Å²) in [5.41, 5.74) is 1.51. The van der Waals surface area contributed by atoms with E-state index >= 15 is 0 Å². The molecule has 3 aromatic rings. The second-order valence-electron chi connectivity index (χ2n) is 8.24. The Balaban J connectivity index is 1.65. The van der Waals surface area contributed by atoms with Gasteiger partial charge in [-0.25, -0.2) is 0 Å². The van der Waals surface area contributed by atoms with Gasteiger partial charge < -0.3 is 10.0 Å². The average Bonchev–Trinajstić information content (AvgIpc) is 2.97. The number of hydrogen-bond donors (Lipinski definition) is 1. The van der Waals surface area contributed by atoms with E-state index in [1.54, 1.807) is 36.4 Å². The van der Waals surface area contributed by atoms with Crippen LogP contribution in [0.2, 0.25) is 5.02 Å². The van der Waals surface area contributed by atoms with Crippen LogP contribution in [0, 0.1) is 0 Å². The maximum absolute atomic E-state index is 13.4. The highest BCUT2D eigenvalue weighted by molar-refractivity contribution is 6.31. The van der Waals surface area contributed by atoms with Crippen molar-refractivity contribution in [1.29, 1.82) is 0 Å². The summed E-state index contributed by atoms with van der Waals surface area (Å²) in [6, 6.07) is 21.7. The smallest absolute Gasteiger partial charge is 0.264 e. The van der Waals surface area contributed by atoms with Gasteiger partial charge in [-0.05, 0) is 29.2 Å². The molecule has 1 atom stereocenters. The Labute approximate surface area is 187 Å². The van der Waals surface area contributed by atoms with Gasteiger partial charge in [0.25, 0.3) is 5.91 Å². The number of fused-ring (bicyclic) bond motifs is 1. The fourth-order valence-electron chi connectivity index (χ4n) is 4.02. The van der Waals surface area contributed by atoms with Crippen molar-refractivity contribution in [2.75, 3.05) is 4.90 Å². The van der Waals surface area contributed by atoms with Crippen LogP contribution in [0.1, 0.15) is 53.2 Å². The van der Waals surface area contributed by atoms with Gasteiger partial charge in [-0.15, -0.1) is 0 Å². The Bertz CT molecular complexity index is 1140. The fraction of sp³-hybridized carbons (Fsp3) is 0.231. The van der Waals surface area contributed by atoms with Crippen LogP contribution in [0.15, 0.2) is 72.8 Å². The lowest BCUT2D eigenvalue weighted by Crippen LogP contribution is -2.41. The standard InChI is InChI=1S/C26H24ClNO3/c1-17(2)18-11-13-19(14-12-18)24(29)15-26(31)21-8-4-6-10-23(21)28(25(26)30)16-20-7-3-5-9-22(20)27/h3-14,17,31H,15-16H2,1-2H3/t26-/m1/s1. The molecule has 0 saturated heterocycles. The van der Waals surface area contributed by atoms with E-state index in [4.69, 9.17) is 11.6 Å². The molecule has 1 aliphatic rings. The van der Waals surface area contributed by atoms with Crippen LogP contribution in [-0.2, 0) is 16.9 Å². The zero-order valence-electron chi connectivity index (χ0n) is 17.5. The Morgan fingerprint density at radius 2 is 1.65 bits per heavy atom. The molecule has 0 unspecified atom stereocenters. The van der Waals surface area contributed by atoms with Gasteiger partial charge in [0, 0.05) is 16.1 Å². The molecule has 1 amide bonds. The number of para-hydroxylation sites is 1. The summed E-state index contributed by atoms with van der Waals surface area (Å²) < 4.78 is 0. The third-order valence-corrected chi connectivity index (χ3v) is 6.21. The van der Waals surface area contributed by atoms with Crippen molar-refractivity contribution in [1.82, 2.24) is 0 Å². The number of Topliss-reactive ketones (excluding diaryl/α,β-unsaturated/α-hetero) is 1. The van der Waals surface area contributed by atoms with Crippen LogP contribution < -0.4 is 4.90 Å². The zero-order valence-corrected chi connectivity index (χ0v) is 18.3. The number of nitrogens with zero attached hydrogens (tertiary/aromatic N) is 1. The minimum absolute atomic E-state index is 0.217. The van der Waals surface area contributed by atoms with E-state index in [1.807, 2.05) is 36.4 Å². The number of benzene rings is 3. The second-order valence-corrected chi connectivity index (χ2v) is 8.64. The summed E-state index contributed by atoms with van der Waals surface area (Å²) in [5, 5.41) is 12.0. The molecule has 4 nitrogen and oxygen atoms in total. The summed E-state index contributed by atoms with van der Waals surface area (Å²) in [6.07, 6.45) is -0.317. The Kier molecular flexibility index (Phi) is 5.69. The lowest BCUT2D eigenvalue weighted by molar-refractivity contribution is -0.136. The highest BCUT2D eigenvalue weighted by Crippen LogP contribution is 2.43. The second kappa shape index (κ2) is 8.29. The Morgan fingerprint density at radius 3 is 2.32 bits per heavy atom. The number of hydrogen-bond acceptors (Lipinski definition) is 3. The number of carbonyl (C=O) groups excluding carboxylic acids is 2. The molecule has 0 saturated carbocycles. The number of ketones is 1. The predicted octanol–water partition coefficient (Wildman–Crippen LogP) is 5.47. The molecule has 0 fully saturated rings. The quantitative estimate of drug-likeness (QED) is 0.524. The van der Waals surface area contributed by atoms with Gasteiger partial charge in [-0.3, -0.25) is 9.59 Å². The van der Waals surface area contributed by atoms with Crippen molar-refractivity contribution in [3.63, 3.8) is 0 Å². The normalized spacial score (nSPS) is 17.8. The topological polar surface area (TPSA) is 57.6 Å². The molecule has 1 N–H and O–H groups in total. The number of rotatable bonds is 6. The largest absolute Gasteiger partial charge is 0.375 e. The molecule has 4 rings (SSSR count). The van der Waals surface area contributed by atoms with Crippen LogP contribution >= 0.6 is 11.6 Å². The van der Waals surface area contributed by atoms with Crippen molar-refractivity contribution in [2.45, 2.75) is 38.3 Å². The molecule has 158 valence electrons. The molecule has 0 radical (unpaired) electrons. The van der Waals surface area contributed by atoms with Gasteiger partial charge in [0.05, 0.1) is 18.7 Å². The highest BCUT2D eigenvalue weighted by atomic mass is 35.5. The SMILES string of the molecule is CC(C)c1ccc(C(=O)C[C@]2(O)C(=O)N(Cc3ccccc3Cl)c3ccccc32)cc1. The number of halogens is 1. The molecular weight excluding hydrogens is 410 g/mol. The Morgan fingerprint density at radius 1 is 1.00 bits per heavy atom. The molecule has 1 aliphatic heterocycles. The minimum atomic E-state index is -1.91. The third-order valence-electron chi connectivity index (χ3n) is 5.84. The van der Waals surface area contributed by atoms with E-state index in [1.165, 1.54) is 4.90 Å². The first-order valence-electron chi connectivity index (χ1n) is 10.3. The number of anilines is 1. The molecule has 0 aliphatic carbocycles. The zero-order chi connectivity index (χ0) is 22.2. The van der Waals surface area contributed by atoms with Crippen molar-refractivity contribution in [2.24, 2.45) is 0 Å². The first-order valence-corrected chi connectivity index (χ1v) is 10.7. The van der Waals surface area contributed by atoms with Gasteiger partial charge in [0.2, 0.25) is 0 Å². The van der Waals surface area contributed by atoms with Gasteiger partial charge in [0.15, 0.2) is 11.4 Å². The lowest BCUT2D eigenvalue weighted by Gasteiger charge is -2.23. The molecule has 3 aromatic carbocycles. The molecule has 31 heavy (non-hydrogen) atoms. The number of aliphatic hydroxyl groups is 1. The highest BCUT2D eigenvalue weighted by Gasteiger charge is 2.50. The van der Waals surface area contributed by atoms with Crippen LogP contribution in [0.4, 0.5) is 5.69 Å². The van der Waals surface area contributed by atoms with E-state index in [-0.39, 0.29) is 18.7 Å². The predicted molar refractivity (Wildman–Crippen MR) is 122 cm³/mol. The summed E-state index contributed by atoms with van der Waals surface area (Å²) in [7, 11) is 0. The first kappa shape index (κ1) is 21.3. The molecule has 1 heterocycles. The monoisotopic (exact) mass is 433 g/mol. The number of carbonyl (C=O) groups is 2. The average molecular weight is 434 g/mol. The maximum atomic E-state index is 13.4. The van der Waals surface area contributed by atoms with Crippen molar-refractivity contribution >= 4 is 29.0 Å². The lowest BCUT2D eigenvalue weighted by atomic mass is 9.87. The van der Waals surface area contributed by atoms with Crippen molar-refractivity contribution in [3.05, 3.63) is 100 Å². The van der Waals surface area contributed by atoms with Gasteiger partial charge in [-0.2, -0.15) is 0 Å². The third kappa shape index (κ3) is 3.89. The van der Waals surface area contributed by atoms with Crippen LogP contribution in [-0.4, -0.2) is 16.8 Å². The minimum Gasteiger partial charge on any atom is -0.375 e. The Hall–Kier alpha value is -2.95. The van der Waals surface area contributed by atoms with Crippen LogP contribution in [0.3, 0.4) is 0 Å². The summed E-state index contributed by atoms with van der Waals surface area (Å²) in [6.45, 7) is 4.39. The molecule has 0 aromatic heterocycles. The maximum Gasteiger partial charge on any atom is 0.264 e. The van der Waals surface area contributed by atoms with Crippen molar-refractivity contribution < 1.29 is 14.7 Å². The van der Waals surface area contributed by atoms with Crippen LogP contribution in [0.25, 0.3) is 0 Å². The molecule has 0 spiro atoms. The summed E-state index contributed by atoms with van der Waals surface area (Å²) >= 11 is 6.29. The van der Waals surface area contributed by atoms with Gasteiger partial charge >= 0.3 is 0 Å². The summed E-state index contributed by atoms with van der Waals surface area (Å²) in [5.74, 6) is -0.434. The molecule has 5 heteroatoms.